The Balaban J connectivity index is 2.53. The van der Waals surface area contributed by atoms with Crippen LogP contribution in [0, 0.1) is 5.41 Å². The molecule has 1 saturated heterocycles. The van der Waals surface area contributed by atoms with Gasteiger partial charge >= 0.3 is 5.97 Å². The van der Waals surface area contributed by atoms with Crippen molar-refractivity contribution in [2.45, 2.75) is 19.1 Å². The maximum atomic E-state index is 11.4. The first kappa shape index (κ1) is 12.4. The molecule has 1 unspecified atom stereocenters. The minimum atomic E-state index is -3.77. The van der Waals surface area contributed by atoms with Crippen LogP contribution in [0.15, 0.2) is 0 Å². The summed E-state index contributed by atoms with van der Waals surface area (Å²) >= 11 is 0. The molecule has 0 aliphatic carbocycles. The van der Waals surface area contributed by atoms with Crippen LogP contribution < -0.4 is 4.72 Å². The standard InChI is InChI=1S/C8H15NO5S/c1-6(7(10)11)15(12,13)9-3-8(2)4-14-5-8/h6,9H,3-5H2,1-2H3,(H,10,11). The van der Waals surface area contributed by atoms with E-state index in [1.807, 2.05) is 6.92 Å². The molecule has 1 atom stereocenters. The number of aliphatic carboxylic acids is 1. The van der Waals surface area contributed by atoms with Crippen LogP contribution in [0.4, 0.5) is 0 Å². The largest absolute Gasteiger partial charge is 0.480 e. The summed E-state index contributed by atoms with van der Waals surface area (Å²) in [6, 6.07) is 0. The van der Waals surface area contributed by atoms with Crippen LogP contribution in [0.1, 0.15) is 13.8 Å². The normalized spacial score (nSPS) is 21.7. The topological polar surface area (TPSA) is 92.7 Å². The molecular weight excluding hydrogens is 222 g/mol. The molecule has 0 aromatic rings. The lowest BCUT2D eigenvalue weighted by atomic mass is 9.89. The number of carboxylic acid groups (broad SMARTS) is 1. The zero-order valence-electron chi connectivity index (χ0n) is 8.69. The number of hydrogen-bond acceptors (Lipinski definition) is 4. The van der Waals surface area contributed by atoms with Crippen LogP contribution in [-0.4, -0.2) is 44.5 Å². The smallest absolute Gasteiger partial charge is 0.323 e. The third kappa shape index (κ3) is 2.90. The molecule has 15 heavy (non-hydrogen) atoms. The van der Waals surface area contributed by atoms with Crippen LogP contribution in [0.5, 0.6) is 0 Å². The van der Waals surface area contributed by atoms with Crippen molar-refractivity contribution in [1.29, 1.82) is 0 Å². The van der Waals surface area contributed by atoms with Crippen LogP contribution in [0.25, 0.3) is 0 Å². The molecule has 88 valence electrons. The Morgan fingerprint density at radius 3 is 2.47 bits per heavy atom. The maximum absolute atomic E-state index is 11.4. The van der Waals surface area contributed by atoms with E-state index < -0.39 is 21.2 Å². The van der Waals surface area contributed by atoms with Gasteiger partial charge in [0, 0.05) is 12.0 Å². The summed E-state index contributed by atoms with van der Waals surface area (Å²) in [6.07, 6.45) is 0. The lowest BCUT2D eigenvalue weighted by molar-refractivity contribution is -0.136. The van der Waals surface area contributed by atoms with E-state index in [1.165, 1.54) is 0 Å². The van der Waals surface area contributed by atoms with Gasteiger partial charge in [-0.05, 0) is 6.92 Å². The second-order valence-corrected chi connectivity index (χ2v) is 6.24. The molecule has 1 fully saturated rings. The van der Waals surface area contributed by atoms with Crippen molar-refractivity contribution in [3.8, 4) is 0 Å². The van der Waals surface area contributed by atoms with E-state index in [-0.39, 0.29) is 12.0 Å². The minimum Gasteiger partial charge on any atom is -0.480 e. The predicted octanol–water partition coefficient (Wildman–Crippen LogP) is -0.585. The van der Waals surface area contributed by atoms with Crippen molar-refractivity contribution in [3.63, 3.8) is 0 Å². The van der Waals surface area contributed by atoms with E-state index in [1.54, 1.807) is 0 Å². The monoisotopic (exact) mass is 237 g/mol. The molecule has 0 aromatic heterocycles. The molecule has 0 aromatic carbocycles. The Kier molecular flexibility index (Phi) is 3.37. The number of carbonyl (C=O) groups is 1. The summed E-state index contributed by atoms with van der Waals surface area (Å²) < 4.78 is 30.1. The van der Waals surface area contributed by atoms with Crippen molar-refractivity contribution in [3.05, 3.63) is 0 Å². The molecule has 0 bridgehead atoms. The van der Waals surface area contributed by atoms with Crippen LogP contribution >= 0.6 is 0 Å². The molecule has 0 amide bonds. The average Bonchev–Trinajstić information content (AvgIpc) is 2.10. The first-order valence-corrected chi connectivity index (χ1v) is 6.10. The van der Waals surface area contributed by atoms with Crippen molar-refractivity contribution < 1.29 is 23.1 Å². The highest BCUT2D eigenvalue weighted by Gasteiger charge is 2.36. The zero-order valence-corrected chi connectivity index (χ0v) is 9.50. The van der Waals surface area contributed by atoms with Crippen molar-refractivity contribution in [2.24, 2.45) is 5.41 Å². The van der Waals surface area contributed by atoms with Gasteiger partial charge < -0.3 is 9.84 Å². The Morgan fingerprint density at radius 1 is 1.60 bits per heavy atom. The minimum absolute atomic E-state index is 0.203. The summed E-state index contributed by atoms with van der Waals surface area (Å²) in [6.45, 7) is 4.23. The summed E-state index contributed by atoms with van der Waals surface area (Å²) in [7, 11) is -3.77. The third-order valence-corrected chi connectivity index (χ3v) is 4.09. The van der Waals surface area contributed by atoms with Gasteiger partial charge in [0.1, 0.15) is 0 Å². The highest BCUT2D eigenvalue weighted by Crippen LogP contribution is 2.25. The molecule has 1 aliphatic rings. The fourth-order valence-corrected chi connectivity index (χ4v) is 2.15. The number of carboxylic acids is 1. The quantitative estimate of drug-likeness (QED) is 0.667. The predicted molar refractivity (Wildman–Crippen MR) is 52.9 cm³/mol. The zero-order chi connectivity index (χ0) is 11.7. The van der Waals surface area contributed by atoms with E-state index in [4.69, 9.17) is 9.84 Å². The Hall–Kier alpha value is -0.660. The Bertz CT molecular complexity index is 346. The molecule has 2 N–H and O–H groups in total. The van der Waals surface area contributed by atoms with Gasteiger partial charge in [-0.3, -0.25) is 4.79 Å². The van der Waals surface area contributed by atoms with Gasteiger partial charge in [-0.1, -0.05) is 6.92 Å². The molecular formula is C8H15NO5S. The van der Waals surface area contributed by atoms with Gasteiger partial charge in [0.15, 0.2) is 5.25 Å². The van der Waals surface area contributed by atoms with Gasteiger partial charge in [-0.15, -0.1) is 0 Å². The van der Waals surface area contributed by atoms with E-state index in [0.717, 1.165) is 6.92 Å². The third-order valence-electron chi connectivity index (χ3n) is 2.41. The average molecular weight is 237 g/mol. The lowest BCUT2D eigenvalue weighted by Gasteiger charge is -2.38. The van der Waals surface area contributed by atoms with Crippen LogP contribution in [0.2, 0.25) is 0 Å². The SMILES string of the molecule is CC(C(=O)O)S(=O)(=O)NCC1(C)COC1. The van der Waals surface area contributed by atoms with E-state index in [9.17, 15) is 13.2 Å². The number of rotatable bonds is 5. The molecule has 6 nitrogen and oxygen atoms in total. The summed E-state index contributed by atoms with van der Waals surface area (Å²) in [5.41, 5.74) is -0.203. The van der Waals surface area contributed by atoms with Gasteiger partial charge in [-0.2, -0.15) is 0 Å². The number of nitrogens with one attached hydrogen (secondary N) is 1. The van der Waals surface area contributed by atoms with Crippen LogP contribution in [0.3, 0.4) is 0 Å². The van der Waals surface area contributed by atoms with E-state index in [0.29, 0.717) is 13.2 Å². The van der Waals surface area contributed by atoms with Gasteiger partial charge in [-0.25, -0.2) is 13.1 Å². The summed E-state index contributed by atoms with van der Waals surface area (Å²) in [4.78, 5) is 10.5. The molecule has 0 radical (unpaired) electrons. The van der Waals surface area contributed by atoms with Gasteiger partial charge in [0.25, 0.3) is 0 Å². The Labute approximate surface area is 88.7 Å². The van der Waals surface area contributed by atoms with Gasteiger partial charge in [0.2, 0.25) is 10.0 Å². The van der Waals surface area contributed by atoms with Crippen molar-refractivity contribution >= 4 is 16.0 Å². The first-order valence-electron chi connectivity index (χ1n) is 4.56. The summed E-state index contributed by atoms with van der Waals surface area (Å²) in [5.74, 6) is -1.35. The molecule has 0 saturated carbocycles. The summed E-state index contributed by atoms with van der Waals surface area (Å²) in [5, 5.41) is 7.15. The first-order chi connectivity index (χ1) is 6.77. The highest BCUT2D eigenvalue weighted by atomic mass is 32.2. The highest BCUT2D eigenvalue weighted by molar-refractivity contribution is 7.90. The maximum Gasteiger partial charge on any atom is 0.323 e. The number of sulfonamides is 1. The van der Waals surface area contributed by atoms with Crippen molar-refractivity contribution in [1.82, 2.24) is 4.72 Å². The number of hydrogen-bond donors (Lipinski definition) is 2. The molecule has 1 rings (SSSR count). The Morgan fingerprint density at radius 2 is 2.13 bits per heavy atom. The molecule has 7 heteroatoms. The molecule has 1 heterocycles. The van der Waals surface area contributed by atoms with Gasteiger partial charge in [0.05, 0.1) is 13.2 Å². The molecule has 1 aliphatic heterocycles. The molecule has 0 spiro atoms. The second-order valence-electron chi connectivity index (χ2n) is 4.15. The number of ether oxygens (including phenoxy) is 1. The van der Waals surface area contributed by atoms with E-state index in [2.05, 4.69) is 4.72 Å². The second kappa shape index (κ2) is 4.07. The lowest BCUT2D eigenvalue weighted by Crippen LogP contribution is -2.50. The van der Waals surface area contributed by atoms with Crippen LogP contribution in [-0.2, 0) is 19.6 Å². The van der Waals surface area contributed by atoms with Crippen molar-refractivity contribution in [2.75, 3.05) is 19.8 Å². The fraction of sp³-hybridized carbons (Fsp3) is 0.875. The fourth-order valence-electron chi connectivity index (χ4n) is 1.09. The van der Waals surface area contributed by atoms with E-state index >= 15 is 0 Å².